The topological polar surface area (TPSA) is 147 Å². The van der Waals surface area contributed by atoms with Gasteiger partial charge in [0.25, 0.3) is 21.7 Å². The predicted molar refractivity (Wildman–Crippen MR) is 101 cm³/mol. The summed E-state index contributed by atoms with van der Waals surface area (Å²) in [5, 5.41) is 23.4. The van der Waals surface area contributed by atoms with E-state index < -0.39 is 25.8 Å². The Bertz CT molecular complexity index is 1240. The van der Waals surface area contributed by atoms with E-state index in [9.17, 15) is 33.0 Å². The van der Waals surface area contributed by atoms with Gasteiger partial charge in [0.05, 0.1) is 10.6 Å². The van der Waals surface area contributed by atoms with Crippen molar-refractivity contribution in [1.29, 1.82) is 0 Å². The Hall–Kier alpha value is -3.50. The van der Waals surface area contributed by atoms with Crippen LogP contribution in [0.4, 0.5) is 11.4 Å². The molecule has 0 atom stereocenters. The molecule has 0 aromatic heterocycles. The van der Waals surface area contributed by atoms with Crippen molar-refractivity contribution in [2.45, 2.75) is 11.8 Å². The van der Waals surface area contributed by atoms with E-state index in [1.54, 1.807) is 0 Å². The first-order valence-electron chi connectivity index (χ1n) is 7.88. The second-order valence-corrected chi connectivity index (χ2v) is 7.36. The van der Waals surface area contributed by atoms with Gasteiger partial charge in [0.2, 0.25) is 0 Å². The summed E-state index contributed by atoms with van der Waals surface area (Å²) in [7, 11) is -4.75. The van der Waals surface area contributed by atoms with Crippen molar-refractivity contribution in [1.82, 2.24) is 0 Å². The third-order valence-electron chi connectivity index (χ3n) is 4.15. The number of amides is 1. The van der Waals surface area contributed by atoms with Crippen LogP contribution in [0.3, 0.4) is 0 Å². The van der Waals surface area contributed by atoms with Crippen LogP contribution in [-0.4, -0.2) is 28.9 Å². The smallest absolute Gasteiger partial charge is 0.297 e. The minimum Gasteiger partial charge on any atom is -0.507 e. The number of nitrogens with one attached hydrogen (secondary N) is 1. The summed E-state index contributed by atoms with van der Waals surface area (Å²) < 4.78 is 33.5. The number of anilines is 1. The van der Waals surface area contributed by atoms with Crippen LogP contribution >= 0.6 is 0 Å². The molecule has 28 heavy (non-hydrogen) atoms. The molecule has 0 spiro atoms. The van der Waals surface area contributed by atoms with E-state index in [1.807, 2.05) is 0 Å². The van der Waals surface area contributed by atoms with Crippen molar-refractivity contribution in [2.75, 3.05) is 5.32 Å². The molecule has 144 valence electrons. The van der Waals surface area contributed by atoms with Gasteiger partial charge in [-0.3, -0.25) is 19.5 Å². The molecule has 3 rings (SSSR count). The zero-order valence-electron chi connectivity index (χ0n) is 14.4. The number of hydrogen-bond acceptors (Lipinski definition) is 6. The standard InChI is InChI=1S/C18H14N2O7S/c1-10-9-11(5-8-15(10)20(23)24)18(22)19-14-7-6-12-13(3-2-4-16(12)21)17(14)28(25,26)27/h2-9,21H,1H3,(H,19,22)(H,25,26,27). The number of nitro groups is 1. The summed E-state index contributed by atoms with van der Waals surface area (Å²) in [6.45, 7) is 1.47. The van der Waals surface area contributed by atoms with E-state index in [0.29, 0.717) is 0 Å². The molecule has 10 heteroatoms. The van der Waals surface area contributed by atoms with Crippen LogP contribution in [0.15, 0.2) is 53.4 Å². The minimum absolute atomic E-state index is 0.0279. The molecule has 0 aliphatic carbocycles. The van der Waals surface area contributed by atoms with Crippen LogP contribution in [-0.2, 0) is 10.1 Å². The van der Waals surface area contributed by atoms with Gasteiger partial charge in [0.15, 0.2) is 0 Å². The molecule has 0 bridgehead atoms. The average molecular weight is 402 g/mol. The Morgan fingerprint density at radius 2 is 1.82 bits per heavy atom. The molecule has 0 aliphatic rings. The molecule has 0 fully saturated rings. The molecular weight excluding hydrogens is 388 g/mol. The lowest BCUT2D eigenvalue weighted by molar-refractivity contribution is -0.385. The van der Waals surface area contributed by atoms with Gasteiger partial charge in [-0.2, -0.15) is 8.42 Å². The molecule has 1 amide bonds. The molecule has 0 heterocycles. The zero-order chi connectivity index (χ0) is 20.6. The van der Waals surface area contributed by atoms with Crippen LogP contribution in [0, 0.1) is 17.0 Å². The lowest BCUT2D eigenvalue weighted by Gasteiger charge is -2.13. The Balaban J connectivity index is 2.09. The quantitative estimate of drug-likeness (QED) is 0.345. The highest BCUT2D eigenvalue weighted by Crippen LogP contribution is 2.35. The lowest BCUT2D eigenvalue weighted by atomic mass is 10.1. The predicted octanol–water partition coefficient (Wildman–Crippen LogP) is 3.26. The number of aromatic hydroxyl groups is 1. The summed E-state index contributed by atoms with van der Waals surface area (Å²) in [6.07, 6.45) is 0. The van der Waals surface area contributed by atoms with Crippen LogP contribution in [0.5, 0.6) is 5.75 Å². The number of nitro benzene ring substituents is 1. The molecule has 3 aromatic rings. The molecule has 9 nitrogen and oxygen atoms in total. The van der Waals surface area contributed by atoms with Crippen molar-refractivity contribution < 1.29 is 27.8 Å². The van der Waals surface area contributed by atoms with Crippen LogP contribution < -0.4 is 5.32 Å². The maximum Gasteiger partial charge on any atom is 0.297 e. The lowest BCUT2D eigenvalue weighted by Crippen LogP contribution is -2.15. The number of carbonyl (C=O) groups is 1. The van der Waals surface area contributed by atoms with Crippen molar-refractivity contribution in [3.63, 3.8) is 0 Å². The van der Waals surface area contributed by atoms with E-state index in [-0.39, 0.29) is 39.0 Å². The van der Waals surface area contributed by atoms with E-state index in [2.05, 4.69) is 5.32 Å². The molecular formula is C18H14N2O7S. The fourth-order valence-electron chi connectivity index (χ4n) is 2.89. The summed E-state index contributed by atoms with van der Waals surface area (Å²) in [4.78, 5) is 22.3. The van der Waals surface area contributed by atoms with Gasteiger partial charge >= 0.3 is 0 Å². The number of rotatable bonds is 4. The number of phenolic OH excluding ortho intramolecular Hbond substituents is 1. The zero-order valence-corrected chi connectivity index (χ0v) is 15.2. The minimum atomic E-state index is -4.75. The number of aryl methyl sites for hydroxylation is 1. The van der Waals surface area contributed by atoms with Gasteiger partial charge in [-0.05, 0) is 37.3 Å². The molecule has 3 N–H and O–H groups in total. The van der Waals surface area contributed by atoms with E-state index in [4.69, 9.17) is 0 Å². The second-order valence-electron chi connectivity index (χ2n) is 6.00. The number of phenols is 1. The maximum absolute atomic E-state index is 12.5. The monoisotopic (exact) mass is 402 g/mol. The number of nitrogens with zero attached hydrogens (tertiary/aromatic N) is 1. The van der Waals surface area contributed by atoms with Crippen molar-refractivity contribution in [2.24, 2.45) is 0 Å². The maximum atomic E-state index is 12.5. The van der Waals surface area contributed by atoms with Gasteiger partial charge in [-0.15, -0.1) is 0 Å². The van der Waals surface area contributed by atoms with Crippen LogP contribution in [0.1, 0.15) is 15.9 Å². The number of hydrogen-bond donors (Lipinski definition) is 3. The number of fused-ring (bicyclic) bond motifs is 1. The van der Waals surface area contributed by atoms with Crippen LogP contribution in [0.2, 0.25) is 0 Å². The highest BCUT2D eigenvalue weighted by molar-refractivity contribution is 7.86. The van der Waals surface area contributed by atoms with Crippen molar-refractivity contribution in [3.05, 3.63) is 69.8 Å². The summed E-state index contributed by atoms with van der Waals surface area (Å²) >= 11 is 0. The SMILES string of the molecule is Cc1cc(C(=O)Nc2ccc3c(O)cccc3c2S(=O)(=O)O)ccc1[N+](=O)[O-]. The first-order chi connectivity index (χ1) is 13.1. The Labute approximate surface area is 159 Å². The number of carbonyl (C=O) groups excluding carboxylic acids is 1. The highest BCUT2D eigenvalue weighted by atomic mass is 32.2. The van der Waals surface area contributed by atoms with Gasteiger partial charge < -0.3 is 10.4 Å². The summed E-state index contributed by atoms with van der Waals surface area (Å²) in [6, 6.07) is 10.5. The Morgan fingerprint density at radius 3 is 2.43 bits per heavy atom. The van der Waals surface area contributed by atoms with Gasteiger partial charge in [-0.25, -0.2) is 0 Å². The Kier molecular flexibility index (Phi) is 4.75. The van der Waals surface area contributed by atoms with Crippen molar-refractivity contribution >= 4 is 38.2 Å². The molecule has 3 aromatic carbocycles. The van der Waals surface area contributed by atoms with Crippen LogP contribution in [0.25, 0.3) is 10.8 Å². The van der Waals surface area contributed by atoms with E-state index >= 15 is 0 Å². The third kappa shape index (κ3) is 3.50. The molecule has 0 unspecified atom stereocenters. The summed E-state index contributed by atoms with van der Waals surface area (Å²) in [5.74, 6) is -0.909. The van der Waals surface area contributed by atoms with E-state index in [1.165, 1.54) is 55.5 Å². The molecule has 0 aliphatic heterocycles. The number of benzene rings is 3. The largest absolute Gasteiger partial charge is 0.507 e. The Morgan fingerprint density at radius 1 is 1.11 bits per heavy atom. The molecule has 0 radical (unpaired) electrons. The molecule has 0 saturated heterocycles. The fraction of sp³-hybridized carbons (Fsp3) is 0.0556. The van der Waals surface area contributed by atoms with E-state index in [0.717, 1.165) is 0 Å². The van der Waals surface area contributed by atoms with Gasteiger partial charge in [-0.1, -0.05) is 12.1 Å². The van der Waals surface area contributed by atoms with Gasteiger partial charge in [0.1, 0.15) is 10.6 Å². The fourth-order valence-corrected chi connectivity index (χ4v) is 3.74. The first kappa shape index (κ1) is 19.3. The van der Waals surface area contributed by atoms with Gasteiger partial charge in [0, 0.05) is 28.0 Å². The average Bonchev–Trinajstić information content (AvgIpc) is 2.60. The normalized spacial score (nSPS) is 11.4. The first-order valence-corrected chi connectivity index (χ1v) is 9.32. The highest BCUT2D eigenvalue weighted by Gasteiger charge is 2.22. The van der Waals surface area contributed by atoms with Crippen molar-refractivity contribution in [3.8, 4) is 5.75 Å². The molecule has 0 saturated carbocycles. The second kappa shape index (κ2) is 6.91. The third-order valence-corrected chi connectivity index (χ3v) is 5.11. The summed E-state index contributed by atoms with van der Waals surface area (Å²) in [5.41, 5.74) is -0.0190.